The summed E-state index contributed by atoms with van der Waals surface area (Å²) in [6.07, 6.45) is -2.46. The van der Waals surface area contributed by atoms with E-state index in [-0.39, 0.29) is 0 Å². The highest BCUT2D eigenvalue weighted by Crippen LogP contribution is 2.16. The fraction of sp³-hybridized carbons (Fsp3) is 0.333. The Bertz CT molecular complexity index is 134. The minimum Gasteiger partial charge on any atom is -0.193 e. The Morgan fingerprint density at radius 3 is 1.88 bits per heavy atom. The van der Waals surface area contributed by atoms with E-state index in [1.54, 1.807) is 0 Å². The Balaban J connectivity index is 2.76. The van der Waals surface area contributed by atoms with Gasteiger partial charge >= 0.3 is 6.40 Å². The van der Waals surface area contributed by atoms with E-state index in [2.05, 4.69) is 0 Å². The van der Waals surface area contributed by atoms with Crippen molar-refractivity contribution in [2.45, 2.75) is 6.40 Å². The molecule has 1 rings (SSSR count). The highest BCUT2D eigenvalue weighted by molar-refractivity contribution is 4.84. The Morgan fingerprint density at radius 2 is 1.75 bits per heavy atom. The maximum absolute atomic E-state index is 12.1. The van der Waals surface area contributed by atoms with Crippen LogP contribution in [0.25, 0.3) is 0 Å². The summed E-state index contributed by atoms with van der Waals surface area (Å²) in [6.45, 7) is 0. The summed E-state index contributed by atoms with van der Waals surface area (Å²) >= 11 is 0. The van der Waals surface area contributed by atoms with Crippen LogP contribution in [0.5, 0.6) is 0 Å². The molecule has 0 saturated heterocycles. The van der Waals surface area contributed by atoms with Gasteiger partial charge in [0.15, 0.2) is 0 Å². The Labute approximate surface area is 45.1 Å². The molecular formula is C3H3F3N2. The summed E-state index contributed by atoms with van der Waals surface area (Å²) in [5.41, 5.74) is 0. The first-order valence-corrected chi connectivity index (χ1v) is 1.82. The lowest BCUT2D eigenvalue weighted by atomic mass is 11.0. The van der Waals surface area contributed by atoms with Gasteiger partial charge in [-0.3, -0.25) is 0 Å². The summed E-state index contributed by atoms with van der Waals surface area (Å²) in [5, 5.41) is -1.38. The number of rotatable bonds is 0. The maximum atomic E-state index is 12.1. The van der Waals surface area contributed by atoms with Gasteiger partial charge in [0.2, 0.25) is 0 Å². The quantitative estimate of drug-likeness (QED) is 0.353. The van der Waals surface area contributed by atoms with Crippen molar-refractivity contribution in [3.8, 4) is 0 Å². The molecule has 0 aliphatic carbocycles. The summed E-state index contributed by atoms with van der Waals surface area (Å²) in [4.78, 5) is 0. The average Bonchev–Trinajstić information content (AvgIpc) is 1.96. The van der Waals surface area contributed by atoms with Crippen LogP contribution in [-0.2, 0) is 0 Å². The molecule has 1 heterocycles. The molecule has 0 aromatic rings. The van der Waals surface area contributed by atoms with E-state index in [1.807, 2.05) is 0 Å². The Morgan fingerprint density at radius 1 is 1.38 bits per heavy atom. The maximum Gasteiger partial charge on any atom is 0.301 e. The Kier molecular flexibility index (Phi) is 0.797. The fourth-order valence-electron chi connectivity index (χ4n) is 0.331. The van der Waals surface area contributed by atoms with Crippen molar-refractivity contribution >= 4 is 0 Å². The summed E-state index contributed by atoms with van der Waals surface area (Å²) in [6, 6.07) is 0. The van der Waals surface area contributed by atoms with Crippen LogP contribution in [0.15, 0.2) is 12.4 Å². The number of halogens is 3. The molecule has 8 heavy (non-hydrogen) atoms. The fourth-order valence-corrected chi connectivity index (χ4v) is 0.331. The van der Waals surface area contributed by atoms with Crippen LogP contribution in [0.2, 0.25) is 0 Å². The van der Waals surface area contributed by atoms with E-state index in [9.17, 15) is 13.4 Å². The first kappa shape index (κ1) is 4.05. The van der Waals surface area contributed by atoms with Crippen LogP contribution in [0.4, 0.5) is 13.4 Å². The van der Waals surface area contributed by atoms with Gasteiger partial charge in [-0.05, 0) is 0 Å². The van der Waals surface area contributed by atoms with Crippen LogP contribution < -0.4 is 0 Å². The van der Waals surface area contributed by atoms with Crippen molar-refractivity contribution in [2.75, 3.05) is 0 Å². The van der Waals surface area contributed by atoms with E-state index in [0.717, 1.165) is 0 Å². The third kappa shape index (κ3) is 0.595. The predicted molar refractivity (Wildman–Crippen MR) is 19.9 cm³/mol. The van der Waals surface area contributed by atoms with Crippen LogP contribution in [0.1, 0.15) is 1.37 Å². The van der Waals surface area contributed by atoms with Gasteiger partial charge in [-0.2, -0.15) is 14.6 Å². The predicted octanol–water partition coefficient (Wildman–Crippen LogP) is 1.10. The molecular weight excluding hydrogens is 121 g/mol. The number of hydrogen-bond donors (Lipinski definition) is 0. The van der Waals surface area contributed by atoms with Crippen LogP contribution in [-0.4, -0.2) is 16.6 Å². The Hall–Kier alpha value is -0.870. The second kappa shape index (κ2) is 1.57. The van der Waals surface area contributed by atoms with Gasteiger partial charge in [-0.15, -0.1) is 0 Å². The molecule has 0 bridgehead atoms. The standard InChI is InChI=1S/C3H3F3N2/c4-3-7(5)1-2-8(3)6/h1-3H/i3D. The molecule has 5 heteroatoms. The number of alkyl halides is 1. The van der Waals surface area contributed by atoms with Gasteiger partial charge in [0.1, 0.15) is 1.37 Å². The van der Waals surface area contributed by atoms with Gasteiger partial charge in [-0.1, -0.05) is 8.96 Å². The average molecular weight is 125 g/mol. The lowest BCUT2D eigenvalue weighted by molar-refractivity contribution is -0.146. The van der Waals surface area contributed by atoms with Gasteiger partial charge in [0.25, 0.3) is 0 Å². The molecule has 0 radical (unpaired) electrons. The summed E-state index contributed by atoms with van der Waals surface area (Å²) < 4.78 is 42.1. The van der Waals surface area contributed by atoms with Crippen LogP contribution in [0.3, 0.4) is 0 Å². The molecule has 0 fully saturated rings. The molecule has 1 aliphatic heterocycles. The van der Waals surface area contributed by atoms with Crippen molar-refractivity contribution in [1.29, 1.82) is 0 Å². The molecule has 0 saturated carbocycles. The molecule has 1 aliphatic rings. The molecule has 0 aromatic heterocycles. The highest BCUT2D eigenvalue weighted by atomic mass is 19.2. The second-order valence-electron chi connectivity index (χ2n) is 1.19. The van der Waals surface area contributed by atoms with E-state index in [0.29, 0.717) is 12.4 Å². The van der Waals surface area contributed by atoms with Crippen molar-refractivity contribution in [3.05, 3.63) is 12.4 Å². The second-order valence-corrected chi connectivity index (χ2v) is 1.19. The smallest absolute Gasteiger partial charge is 0.193 e. The van der Waals surface area contributed by atoms with E-state index < -0.39 is 16.6 Å². The summed E-state index contributed by atoms with van der Waals surface area (Å²) in [7, 11) is 0. The first-order valence-electron chi connectivity index (χ1n) is 2.32. The highest BCUT2D eigenvalue weighted by Gasteiger charge is 2.25. The molecule has 0 atom stereocenters. The normalized spacial score (nSPS) is 26.6. The zero-order valence-corrected chi connectivity index (χ0v) is 3.68. The van der Waals surface area contributed by atoms with Crippen molar-refractivity contribution in [2.24, 2.45) is 0 Å². The lowest BCUT2D eigenvalue weighted by Gasteiger charge is -2.09. The zero-order valence-electron chi connectivity index (χ0n) is 4.68. The topological polar surface area (TPSA) is 6.48 Å². The summed E-state index contributed by atoms with van der Waals surface area (Å²) in [5.74, 6) is 0. The third-order valence-corrected chi connectivity index (χ3v) is 0.681. The molecule has 0 N–H and O–H groups in total. The van der Waals surface area contributed by atoms with E-state index in [4.69, 9.17) is 1.37 Å². The molecule has 0 spiro atoms. The molecule has 46 valence electrons. The minimum atomic E-state index is -3.42. The van der Waals surface area contributed by atoms with Gasteiger partial charge < -0.3 is 0 Å². The molecule has 0 unspecified atom stereocenters. The largest absolute Gasteiger partial charge is 0.301 e. The van der Waals surface area contributed by atoms with Crippen molar-refractivity contribution in [1.82, 2.24) is 10.2 Å². The van der Waals surface area contributed by atoms with Crippen molar-refractivity contribution < 1.29 is 14.7 Å². The van der Waals surface area contributed by atoms with Crippen LogP contribution >= 0.6 is 0 Å². The first-order chi connectivity index (χ1) is 4.05. The third-order valence-electron chi connectivity index (χ3n) is 0.681. The van der Waals surface area contributed by atoms with Crippen LogP contribution in [0, 0.1) is 0 Å². The van der Waals surface area contributed by atoms with Gasteiger partial charge in [0.05, 0.1) is 12.4 Å². The van der Waals surface area contributed by atoms with E-state index in [1.165, 1.54) is 0 Å². The van der Waals surface area contributed by atoms with Crippen molar-refractivity contribution in [3.63, 3.8) is 0 Å². The minimum absolute atomic E-state index is 0.479. The van der Waals surface area contributed by atoms with Gasteiger partial charge in [0, 0.05) is 0 Å². The zero-order chi connectivity index (χ0) is 7.07. The molecule has 0 aromatic carbocycles. The number of hydrogen-bond acceptors (Lipinski definition) is 2. The molecule has 0 amide bonds. The SMILES string of the molecule is [2H]C1(F)N(F)C=CN1F. The molecule has 2 nitrogen and oxygen atoms in total. The lowest BCUT2D eigenvalue weighted by Crippen LogP contribution is -2.23. The number of nitrogens with zero attached hydrogens (tertiary/aromatic N) is 2. The van der Waals surface area contributed by atoms with E-state index >= 15 is 0 Å². The van der Waals surface area contributed by atoms with Gasteiger partial charge in [-0.25, -0.2) is 0 Å². The monoisotopic (exact) mass is 125 g/mol.